The first-order valence-electron chi connectivity index (χ1n) is 7.31. The highest BCUT2D eigenvalue weighted by Crippen LogP contribution is 2.28. The molecular formula is C20H16ClNO. The van der Waals surface area contributed by atoms with Crippen LogP contribution in [0, 0.1) is 28.6 Å². The molecule has 1 atom stereocenters. The molecule has 0 aliphatic heterocycles. The van der Waals surface area contributed by atoms with E-state index in [0.717, 1.165) is 5.56 Å². The molecule has 2 nitrogen and oxygen atoms in total. The number of hydrogen-bond donors (Lipinski definition) is 0. The molecule has 0 fully saturated rings. The summed E-state index contributed by atoms with van der Waals surface area (Å²) in [5, 5.41) is 9.46. The molecule has 0 radical (unpaired) electrons. The minimum atomic E-state index is -0.903. The van der Waals surface area contributed by atoms with E-state index in [-0.39, 0.29) is 12.2 Å². The van der Waals surface area contributed by atoms with Gasteiger partial charge in [-0.15, -0.1) is 0 Å². The molecule has 2 rings (SSSR count). The van der Waals surface area contributed by atoms with Crippen LogP contribution in [0.3, 0.4) is 0 Å². The minimum Gasteiger partial charge on any atom is -0.292 e. The molecule has 2 aromatic rings. The minimum absolute atomic E-state index is 0.0900. The number of nitriles is 1. The predicted octanol–water partition coefficient (Wildman–Crippen LogP) is 4.88. The van der Waals surface area contributed by atoms with Crippen LogP contribution in [0.15, 0.2) is 54.6 Å². The van der Waals surface area contributed by atoms with Crippen molar-refractivity contribution < 1.29 is 4.79 Å². The topological polar surface area (TPSA) is 40.9 Å². The number of benzene rings is 2. The van der Waals surface area contributed by atoms with Crippen molar-refractivity contribution in [1.29, 1.82) is 5.26 Å². The number of halogens is 1. The van der Waals surface area contributed by atoms with Crippen LogP contribution in [0.5, 0.6) is 0 Å². The third-order valence-corrected chi connectivity index (χ3v) is 3.85. The molecule has 0 saturated heterocycles. The molecule has 0 bridgehead atoms. The van der Waals surface area contributed by atoms with Crippen molar-refractivity contribution in [2.75, 3.05) is 0 Å². The SMILES string of the molecule is CC(C#Cc1ccccc1)(CCC#N)C(=O)c1ccc(Cl)cc1. The Hall–Kier alpha value is -2.55. The number of hydrogen-bond acceptors (Lipinski definition) is 2. The molecule has 2 aromatic carbocycles. The molecule has 23 heavy (non-hydrogen) atoms. The summed E-state index contributed by atoms with van der Waals surface area (Å²) in [6.07, 6.45) is 0.671. The van der Waals surface area contributed by atoms with Crippen LogP contribution in [0.2, 0.25) is 5.02 Å². The molecule has 0 aromatic heterocycles. The maximum atomic E-state index is 12.9. The molecule has 114 valence electrons. The zero-order chi connectivity index (χ0) is 16.7. The molecule has 1 unspecified atom stereocenters. The lowest BCUT2D eigenvalue weighted by atomic mass is 9.79. The van der Waals surface area contributed by atoms with E-state index in [2.05, 4.69) is 17.9 Å². The lowest BCUT2D eigenvalue weighted by Crippen LogP contribution is -2.26. The van der Waals surface area contributed by atoms with Crippen molar-refractivity contribution >= 4 is 17.4 Å². The second-order valence-corrected chi connectivity index (χ2v) is 5.88. The molecule has 3 heteroatoms. The van der Waals surface area contributed by atoms with Crippen LogP contribution in [-0.2, 0) is 0 Å². The largest absolute Gasteiger partial charge is 0.292 e. The summed E-state index contributed by atoms with van der Waals surface area (Å²) in [6.45, 7) is 1.79. The van der Waals surface area contributed by atoms with Gasteiger partial charge in [0.15, 0.2) is 5.78 Å². The van der Waals surface area contributed by atoms with E-state index in [1.165, 1.54) is 0 Å². The molecule has 0 aliphatic carbocycles. The highest BCUT2D eigenvalue weighted by Gasteiger charge is 2.31. The Balaban J connectivity index is 2.35. The third-order valence-electron chi connectivity index (χ3n) is 3.60. The van der Waals surface area contributed by atoms with Crippen LogP contribution in [0.1, 0.15) is 35.7 Å². The number of carbonyl (C=O) groups excluding carboxylic acids is 1. The molecule has 0 aliphatic rings. The quantitative estimate of drug-likeness (QED) is 0.594. The van der Waals surface area contributed by atoms with Gasteiger partial charge in [-0.2, -0.15) is 5.26 Å². The summed E-state index contributed by atoms with van der Waals surface area (Å²) in [5.41, 5.74) is 0.496. The molecule has 0 N–H and O–H groups in total. The average Bonchev–Trinajstić information content (AvgIpc) is 2.59. The maximum Gasteiger partial charge on any atom is 0.180 e. The van der Waals surface area contributed by atoms with Gasteiger partial charge in [-0.05, 0) is 49.7 Å². The summed E-state index contributed by atoms with van der Waals surface area (Å²) < 4.78 is 0. The summed E-state index contributed by atoms with van der Waals surface area (Å²) in [4.78, 5) is 12.9. The van der Waals surface area contributed by atoms with Gasteiger partial charge in [-0.25, -0.2) is 0 Å². The van der Waals surface area contributed by atoms with E-state index in [9.17, 15) is 4.79 Å². The van der Waals surface area contributed by atoms with Gasteiger partial charge in [0.2, 0.25) is 0 Å². The maximum absolute atomic E-state index is 12.9. The van der Waals surface area contributed by atoms with Gasteiger partial charge in [-0.1, -0.05) is 41.6 Å². The smallest absolute Gasteiger partial charge is 0.180 e. The number of Topliss-reactive ketones (excluding diaryl/α,β-unsaturated/α-hetero) is 1. The monoisotopic (exact) mass is 321 g/mol. The van der Waals surface area contributed by atoms with Crippen molar-refractivity contribution in [3.63, 3.8) is 0 Å². The summed E-state index contributed by atoms with van der Waals surface area (Å²) >= 11 is 5.87. The second kappa shape index (κ2) is 7.63. The van der Waals surface area contributed by atoms with Crippen LogP contribution < -0.4 is 0 Å². The fourth-order valence-corrected chi connectivity index (χ4v) is 2.32. The van der Waals surface area contributed by atoms with Gasteiger partial charge in [-0.3, -0.25) is 4.79 Å². The third kappa shape index (κ3) is 4.46. The molecule has 0 spiro atoms. The van der Waals surface area contributed by atoms with E-state index in [0.29, 0.717) is 17.0 Å². The van der Waals surface area contributed by atoms with E-state index < -0.39 is 5.41 Å². The van der Waals surface area contributed by atoms with E-state index in [1.54, 1.807) is 31.2 Å². The lowest BCUT2D eigenvalue weighted by molar-refractivity contribution is 0.0871. The van der Waals surface area contributed by atoms with Gasteiger partial charge < -0.3 is 0 Å². The molecule has 0 heterocycles. The van der Waals surface area contributed by atoms with Crippen molar-refractivity contribution in [2.24, 2.45) is 5.41 Å². The number of ketones is 1. The van der Waals surface area contributed by atoms with Crippen molar-refractivity contribution in [1.82, 2.24) is 0 Å². The number of carbonyl (C=O) groups is 1. The van der Waals surface area contributed by atoms with Gasteiger partial charge in [0.05, 0.1) is 11.5 Å². The molecular weight excluding hydrogens is 306 g/mol. The Morgan fingerprint density at radius 2 is 1.78 bits per heavy atom. The summed E-state index contributed by atoms with van der Waals surface area (Å²) in [5.74, 6) is 6.04. The zero-order valence-corrected chi connectivity index (χ0v) is 13.6. The van der Waals surface area contributed by atoms with Crippen molar-refractivity contribution in [2.45, 2.75) is 19.8 Å². The van der Waals surface area contributed by atoms with E-state index in [4.69, 9.17) is 16.9 Å². The van der Waals surface area contributed by atoms with Gasteiger partial charge >= 0.3 is 0 Å². The number of nitrogens with zero attached hydrogens (tertiary/aromatic N) is 1. The highest BCUT2D eigenvalue weighted by atomic mass is 35.5. The number of rotatable bonds is 4. The van der Waals surface area contributed by atoms with E-state index >= 15 is 0 Å². The van der Waals surface area contributed by atoms with E-state index in [1.807, 2.05) is 30.3 Å². The zero-order valence-electron chi connectivity index (χ0n) is 12.8. The first-order valence-corrected chi connectivity index (χ1v) is 7.68. The lowest BCUT2D eigenvalue weighted by Gasteiger charge is -2.21. The van der Waals surface area contributed by atoms with Crippen molar-refractivity contribution in [3.8, 4) is 17.9 Å². The van der Waals surface area contributed by atoms with Gasteiger partial charge in [0, 0.05) is 22.6 Å². The molecule has 0 amide bonds. The average molecular weight is 322 g/mol. The summed E-state index contributed by atoms with van der Waals surface area (Å²) in [6, 6.07) is 18.4. The van der Waals surface area contributed by atoms with Gasteiger partial charge in [0.1, 0.15) is 0 Å². The Kier molecular flexibility index (Phi) is 5.58. The summed E-state index contributed by atoms with van der Waals surface area (Å²) in [7, 11) is 0. The normalized spacial score (nSPS) is 12.4. The second-order valence-electron chi connectivity index (χ2n) is 5.44. The fourth-order valence-electron chi connectivity index (χ4n) is 2.19. The Morgan fingerprint density at radius 3 is 2.39 bits per heavy atom. The Bertz CT molecular complexity index is 778. The first kappa shape index (κ1) is 16.8. The Morgan fingerprint density at radius 1 is 1.13 bits per heavy atom. The van der Waals surface area contributed by atoms with Crippen LogP contribution in [-0.4, -0.2) is 5.78 Å². The van der Waals surface area contributed by atoms with Crippen LogP contribution in [0.25, 0.3) is 0 Å². The fraction of sp³-hybridized carbons (Fsp3) is 0.200. The standard InChI is InChI=1S/C20H16ClNO/c1-20(13-5-15-22,14-12-16-6-3-2-4-7-16)19(23)17-8-10-18(21)11-9-17/h2-4,6-11H,5,13H2,1H3. The van der Waals surface area contributed by atoms with Crippen molar-refractivity contribution in [3.05, 3.63) is 70.7 Å². The molecule has 0 saturated carbocycles. The van der Waals surface area contributed by atoms with Gasteiger partial charge in [0.25, 0.3) is 0 Å². The predicted molar refractivity (Wildman–Crippen MR) is 92.1 cm³/mol. The first-order chi connectivity index (χ1) is 11.0. The van der Waals surface area contributed by atoms with Crippen LogP contribution >= 0.6 is 11.6 Å². The highest BCUT2D eigenvalue weighted by molar-refractivity contribution is 6.30. The Labute approximate surface area is 141 Å². The van der Waals surface area contributed by atoms with Crippen LogP contribution in [0.4, 0.5) is 0 Å².